The van der Waals surface area contributed by atoms with E-state index in [0.717, 1.165) is 24.3 Å². The van der Waals surface area contributed by atoms with Crippen LogP contribution in [0.3, 0.4) is 0 Å². The Kier molecular flexibility index (Phi) is 8.25. The Morgan fingerprint density at radius 1 is 1.24 bits per heavy atom. The van der Waals surface area contributed by atoms with Crippen molar-refractivity contribution in [1.82, 2.24) is 16.0 Å². The minimum atomic E-state index is -0.502. The zero-order chi connectivity index (χ0) is 18.9. The Labute approximate surface area is 151 Å². The molecule has 1 amide bonds. The maximum Gasteiger partial charge on any atom is 0.227 e. The third kappa shape index (κ3) is 6.64. The normalized spacial score (nSPS) is 11.8. The highest BCUT2D eigenvalue weighted by atomic mass is 16.5. The van der Waals surface area contributed by atoms with Gasteiger partial charge in [0, 0.05) is 26.7 Å². The second-order valence-corrected chi connectivity index (χ2v) is 6.65. The van der Waals surface area contributed by atoms with E-state index < -0.39 is 5.41 Å². The first kappa shape index (κ1) is 20.8. The summed E-state index contributed by atoms with van der Waals surface area (Å²) in [5, 5.41) is 9.36. The highest BCUT2D eigenvalue weighted by Gasteiger charge is 2.27. The molecule has 1 aromatic rings. The largest absolute Gasteiger partial charge is 0.496 e. The van der Waals surface area contributed by atoms with Crippen LogP contribution in [0, 0.1) is 12.3 Å². The quantitative estimate of drug-likeness (QED) is 0.495. The van der Waals surface area contributed by atoms with Gasteiger partial charge >= 0.3 is 0 Å². The number of ether oxygens (including phenoxy) is 1. The smallest absolute Gasteiger partial charge is 0.227 e. The minimum absolute atomic E-state index is 0.0321. The van der Waals surface area contributed by atoms with Crippen LogP contribution in [-0.4, -0.2) is 45.7 Å². The molecule has 6 nitrogen and oxygen atoms in total. The summed E-state index contributed by atoms with van der Waals surface area (Å²) in [6.07, 6.45) is 0.858. The molecule has 0 unspecified atom stereocenters. The van der Waals surface area contributed by atoms with Gasteiger partial charge in [-0.2, -0.15) is 0 Å². The highest BCUT2D eigenvalue weighted by Crippen LogP contribution is 2.19. The summed E-state index contributed by atoms with van der Waals surface area (Å²) in [5.41, 5.74) is 1.83. The topological polar surface area (TPSA) is 74.8 Å². The van der Waals surface area contributed by atoms with Crippen molar-refractivity contribution in [3.63, 3.8) is 0 Å². The lowest BCUT2D eigenvalue weighted by Gasteiger charge is -2.24. The maximum absolute atomic E-state index is 12.0. The monoisotopic (exact) mass is 348 g/mol. The van der Waals surface area contributed by atoms with Gasteiger partial charge in [0.1, 0.15) is 5.75 Å². The van der Waals surface area contributed by atoms with Crippen LogP contribution in [-0.2, 0) is 11.2 Å². The van der Waals surface area contributed by atoms with Crippen molar-refractivity contribution in [3.8, 4) is 5.75 Å². The summed E-state index contributed by atoms with van der Waals surface area (Å²) in [7, 11) is 3.41. The molecule has 0 aliphatic heterocycles. The van der Waals surface area contributed by atoms with E-state index in [4.69, 9.17) is 4.74 Å². The van der Waals surface area contributed by atoms with Gasteiger partial charge in [-0.3, -0.25) is 9.79 Å². The van der Waals surface area contributed by atoms with Crippen molar-refractivity contribution in [2.45, 2.75) is 34.1 Å². The molecule has 140 valence electrons. The number of hydrogen-bond acceptors (Lipinski definition) is 3. The molecule has 0 aromatic heterocycles. The van der Waals surface area contributed by atoms with Crippen LogP contribution >= 0.6 is 0 Å². The van der Waals surface area contributed by atoms with E-state index in [1.165, 1.54) is 5.56 Å². The van der Waals surface area contributed by atoms with Gasteiger partial charge in [-0.25, -0.2) is 0 Å². The lowest BCUT2D eigenvalue weighted by Crippen LogP contribution is -2.48. The molecule has 0 fully saturated rings. The molecule has 0 bridgehead atoms. The molecule has 0 heterocycles. The van der Waals surface area contributed by atoms with Crippen molar-refractivity contribution in [1.29, 1.82) is 0 Å². The van der Waals surface area contributed by atoms with Crippen molar-refractivity contribution in [3.05, 3.63) is 29.3 Å². The number of aryl methyl sites for hydroxylation is 1. The van der Waals surface area contributed by atoms with Crippen LogP contribution in [0.5, 0.6) is 5.75 Å². The van der Waals surface area contributed by atoms with Crippen molar-refractivity contribution >= 4 is 11.9 Å². The summed E-state index contributed by atoms with van der Waals surface area (Å²) in [6.45, 7) is 9.67. The Morgan fingerprint density at radius 3 is 2.56 bits per heavy atom. The number of benzene rings is 1. The number of nitrogens with zero attached hydrogens (tertiary/aromatic N) is 1. The van der Waals surface area contributed by atoms with Gasteiger partial charge in [0.25, 0.3) is 0 Å². The first-order chi connectivity index (χ1) is 11.8. The van der Waals surface area contributed by atoms with Crippen molar-refractivity contribution in [2.75, 3.05) is 33.8 Å². The fraction of sp³-hybridized carbons (Fsp3) is 0.579. The van der Waals surface area contributed by atoms with Gasteiger partial charge in [-0.15, -0.1) is 0 Å². The van der Waals surface area contributed by atoms with E-state index in [2.05, 4.69) is 39.1 Å². The van der Waals surface area contributed by atoms with E-state index >= 15 is 0 Å². The number of hydrogen-bond donors (Lipinski definition) is 3. The zero-order valence-electron chi connectivity index (χ0n) is 16.3. The molecule has 0 spiro atoms. The molecule has 1 rings (SSSR count). The molecule has 6 heteroatoms. The number of carbonyl (C=O) groups is 1. The van der Waals surface area contributed by atoms with Gasteiger partial charge in [0.05, 0.1) is 12.5 Å². The summed E-state index contributed by atoms with van der Waals surface area (Å²) in [5.74, 6) is 1.63. The molecule has 0 aliphatic carbocycles. The third-order valence-electron chi connectivity index (χ3n) is 4.05. The van der Waals surface area contributed by atoms with Crippen LogP contribution < -0.4 is 20.7 Å². The third-order valence-corrected chi connectivity index (χ3v) is 4.05. The number of guanidine groups is 1. The molecule has 0 saturated heterocycles. The number of amides is 1. The van der Waals surface area contributed by atoms with Gasteiger partial charge in [0.2, 0.25) is 5.91 Å². The Bertz CT molecular complexity index is 597. The van der Waals surface area contributed by atoms with E-state index in [1.807, 2.05) is 27.7 Å². The van der Waals surface area contributed by atoms with Crippen LogP contribution in [0.4, 0.5) is 0 Å². The van der Waals surface area contributed by atoms with Gasteiger partial charge in [-0.05, 0) is 51.3 Å². The van der Waals surface area contributed by atoms with E-state index in [9.17, 15) is 4.79 Å². The van der Waals surface area contributed by atoms with Gasteiger partial charge < -0.3 is 20.7 Å². The number of rotatable bonds is 8. The minimum Gasteiger partial charge on any atom is -0.496 e. The van der Waals surface area contributed by atoms with E-state index in [1.54, 1.807) is 14.2 Å². The van der Waals surface area contributed by atoms with Crippen LogP contribution in [0.2, 0.25) is 0 Å². The molecular formula is C19H32N4O2. The lowest BCUT2D eigenvalue weighted by atomic mass is 9.92. The number of carbonyl (C=O) groups excluding carboxylic acids is 1. The average Bonchev–Trinajstić information content (AvgIpc) is 2.59. The molecule has 0 atom stereocenters. The SMILES string of the molecule is CCNC(=O)C(C)(C)CNC(=NC)NCCc1ccc(C)c(OC)c1. The lowest BCUT2D eigenvalue weighted by molar-refractivity contribution is -0.128. The number of aliphatic imine (C=N–C) groups is 1. The average molecular weight is 348 g/mol. The Morgan fingerprint density at radius 2 is 1.96 bits per heavy atom. The highest BCUT2D eigenvalue weighted by molar-refractivity contribution is 5.84. The number of nitrogens with one attached hydrogen (secondary N) is 3. The molecule has 3 N–H and O–H groups in total. The van der Waals surface area contributed by atoms with Crippen LogP contribution in [0.25, 0.3) is 0 Å². The summed E-state index contributed by atoms with van der Waals surface area (Å²) in [4.78, 5) is 16.2. The van der Waals surface area contributed by atoms with E-state index in [-0.39, 0.29) is 5.91 Å². The second kappa shape index (κ2) is 9.91. The molecule has 0 aliphatic rings. The summed E-state index contributed by atoms with van der Waals surface area (Å²) in [6, 6.07) is 6.23. The standard InChI is InChI=1S/C19H32N4O2/c1-7-21-17(24)19(3,4)13-23-18(20-5)22-11-10-15-9-8-14(2)16(12-15)25-6/h8-9,12H,7,10-11,13H2,1-6H3,(H,21,24)(H2,20,22,23). The van der Waals surface area contributed by atoms with Crippen molar-refractivity contribution < 1.29 is 9.53 Å². The summed E-state index contributed by atoms with van der Waals surface area (Å²) < 4.78 is 5.36. The molecule has 0 radical (unpaired) electrons. The van der Waals surface area contributed by atoms with Crippen LogP contribution in [0.1, 0.15) is 31.9 Å². The predicted octanol–water partition coefficient (Wildman–Crippen LogP) is 1.87. The second-order valence-electron chi connectivity index (χ2n) is 6.65. The fourth-order valence-corrected chi connectivity index (χ4v) is 2.35. The molecular weight excluding hydrogens is 316 g/mol. The first-order valence-corrected chi connectivity index (χ1v) is 8.70. The fourth-order valence-electron chi connectivity index (χ4n) is 2.35. The predicted molar refractivity (Wildman–Crippen MR) is 103 cm³/mol. The van der Waals surface area contributed by atoms with Crippen LogP contribution in [0.15, 0.2) is 23.2 Å². The maximum atomic E-state index is 12.0. The van der Waals surface area contributed by atoms with Gasteiger partial charge in [-0.1, -0.05) is 12.1 Å². The zero-order valence-corrected chi connectivity index (χ0v) is 16.3. The molecule has 0 saturated carbocycles. The Hall–Kier alpha value is -2.24. The summed E-state index contributed by atoms with van der Waals surface area (Å²) >= 11 is 0. The van der Waals surface area contributed by atoms with Crippen molar-refractivity contribution in [2.24, 2.45) is 10.4 Å². The Balaban J connectivity index is 2.48. The van der Waals surface area contributed by atoms with Gasteiger partial charge in [0.15, 0.2) is 5.96 Å². The first-order valence-electron chi connectivity index (χ1n) is 8.70. The molecule has 25 heavy (non-hydrogen) atoms. The molecule has 1 aromatic carbocycles. The number of methoxy groups -OCH3 is 1. The van der Waals surface area contributed by atoms with E-state index in [0.29, 0.717) is 19.0 Å².